The molecule has 0 unspecified atom stereocenters. The molecule has 0 bridgehead atoms. The number of carbonyl (C=O) groups excluding carboxylic acids is 2. The number of hydrogen-bond donors (Lipinski definition) is 2. The number of carbonyl (C=O) groups is 2. The summed E-state index contributed by atoms with van der Waals surface area (Å²) in [6.45, 7) is 7.51. The smallest absolute Gasteiger partial charge is 0.261 e. The van der Waals surface area contributed by atoms with Crippen molar-refractivity contribution < 1.29 is 9.59 Å². The quantitative estimate of drug-likeness (QED) is 0.787. The summed E-state index contributed by atoms with van der Waals surface area (Å²) in [6, 6.07) is 11.4. The molecule has 5 heteroatoms. The van der Waals surface area contributed by atoms with Gasteiger partial charge >= 0.3 is 0 Å². The van der Waals surface area contributed by atoms with Crippen molar-refractivity contribution in [2.45, 2.75) is 32.6 Å². The summed E-state index contributed by atoms with van der Waals surface area (Å²) in [5.74, 6) is -0.144. The third-order valence-electron chi connectivity index (χ3n) is 3.68. The highest BCUT2D eigenvalue weighted by Crippen LogP contribution is 2.22. The number of nitrogens with one attached hydrogen (secondary N) is 2. The van der Waals surface area contributed by atoms with E-state index >= 15 is 0 Å². The van der Waals surface area contributed by atoms with Crippen LogP contribution in [0, 0.1) is 0 Å². The molecule has 0 atom stereocenters. The zero-order valence-electron chi connectivity index (χ0n) is 14.4. The van der Waals surface area contributed by atoms with E-state index in [1.54, 1.807) is 6.07 Å². The van der Waals surface area contributed by atoms with Gasteiger partial charge in [-0.2, -0.15) is 0 Å². The molecule has 0 aliphatic heterocycles. The van der Waals surface area contributed by atoms with Crippen LogP contribution in [-0.4, -0.2) is 24.9 Å². The van der Waals surface area contributed by atoms with E-state index in [0.29, 0.717) is 30.0 Å². The Morgan fingerprint density at radius 3 is 2.12 bits per heavy atom. The molecule has 0 fully saturated rings. The van der Waals surface area contributed by atoms with Gasteiger partial charge in [0.05, 0.1) is 4.88 Å². The molecule has 0 saturated heterocycles. The van der Waals surface area contributed by atoms with Crippen molar-refractivity contribution in [3.63, 3.8) is 0 Å². The number of benzene rings is 1. The van der Waals surface area contributed by atoms with Crippen LogP contribution in [0.3, 0.4) is 0 Å². The Morgan fingerprint density at radius 1 is 0.958 bits per heavy atom. The lowest BCUT2D eigenvalue weighted by Crippen LogP contribution is -2.29. The van der Waals surface area contributed by atoms with Gasteiger partial charge in [0.1, 0.15) is 0 Å². The maximum Gasteiger partial charge on any atom is 0.261 e. The standard InChI is InChI=1S/C19H24N2O2S/c1-19(2,3)15-9-7-14(8-10-15)17(22)20-11-5-12-21-18(23)16-6-4-13-24-16/h4,6-10,13H,5,11-12H2,1-3H3,(H,20,22)(H,21,23). The maximum atomic E-state index is 12.1. The minimum absolute atomic E-state index is 0.0610. The predicted octanol–water partition coefficient (Wildman–Crippen LogP) is 3.60. The van der Waals surface area contributed by atoms with Crippen LogP contribution in [0.2, 0.25) is 0 Å². The SMILES string of the molecule is CC(C)(C)c1ccc(C(=O)NCCCNC(=O)c2cccs2)cc1. The second-order valence-corrected chi connectivity index (χ2v) is 7.62. The first kappa shape index (κ1) is 18.2. The van der Waals surface area contributed by atoms with E-state index < -0.39 is 0 Å². The first-order valence-electron chi connectivity index (χ1n) is 8.08. The molecular formula is C19H24N2O2S. The highest BCUT2D eigenvalue weighted by molar-refractivity contribution is 7.12. The van der Waals surface area contributed by atoms with Gasteiger partial charge in [-0.15, -0.1) is 11.3 Å². The largest absolute Gasteiger partial charge is 0.352 e. The molecule has 4 nitrogen and oxygen atoms in total. The first-order valence-corrected chi connectivity index (χ1v) is 8.96. The molecule has 0 saturated carbocycles. The van der Waals surface area contributed by atoms with Crippen molar-refractivity contribution in [3.8, 4) is 0 Å². The highest BCUT2D eigenvalue weighted by atomic mass is 32.1. The normalized spacial score (nSPS) is 11.1. The van der Waals surface area contributed by atoms with Crippen molar-refractivity contribution in [1.82, 2.24) is 10.6 Å². The van der Waals surface area contributed by atoms with Gasteiger partial charge in [-0.1, -0.05) is 39.0 Å². The van der Waals surface area contributed by atoms with Crippen LogP contribution >= 0.6 is 11.3 Å². The molecule has 2 N–H and O–H groups in total. The van der Waals surface area contributed by atoms with Crippen LogP contribution in [0.1, 0.15) is 52.8 Å². The molecule has 1 heterocycles. The van der Waals surface area contributed by atoms with Crippen molar-refractivity contribution >= 4 is 23.2 Å². The second-order valence-electron chi connectivity index (χ2n) is 6.67. The summed E-state index contributed by atoms with van der Waals surface area (Å²) in [6.07, 6.45) is 0.697. The van der Waals surface area contributed by atoms with E-state index in [1.165, 1.54) is 16.9 Å². The third kappa shape index (κ3) is 5.20. The minimum atomic E-state index is -0.0833. The minimum Gasteiger partial charge on any atom is -0.352 e. The summed E-state index contributed by atoms with van der Waals surface area (Å²) >= 11 is 1.42. The van der Waals surface area contributed by atoms with Crippen molar-refractivity contribution in [3.05, 3.63) is 57.8 Å². The number of amides is 2. The fraction of sp³-hybridized carbons (Fsp3) is 0.368. The molecule has 0 spiro atoms. The van der Waals surface area contributed by atoms with Gasteiger partial charge in [-0.05, 0) is 41.0 Å². The van der Waals surface area contributed by atoms with E-state index in [2.05, 4.69) is 31.4 Å². The molecule has 0 aliphatic carbocycles. The Bertz CT molecular complexity index is 670. The van der Waals surface area contributed by atoms with E-state index in [9.17, 15) is 9.59 Å². The Morgan fingerprint density at radius 2 is 1.58 bits per heavy atom. The Labute approximate surface area is 147 Å². The maximum absolute atomic E-state index is 12.1. The van der Waals surface area contributed by atoms with E-state index in [1.807, 2.05) is 35.7 Å². The van der Waals surface area contributed by atoms with Crippen LogP contribution < -0.4 is 10.6 Å². The zero-order valence-corrected chi connectivity index (χ0v) is 15.2. The van der Waals surface area contributed by atoms with Crippen molar-refractivity contribution in [2.75, 3.05) is 13.1 Å². The predicted molar refractivity (Wildman–Crippen MR) is 98.7 cm³/mol. The summed E-state index contributed by atoms with van der Waals surface area (Å²) < 4.78 is 0. The van der Waals surface area contributed by atoms with Crippen molar-refractivity contribution in [2.24, 2.45) is 0 Å². The lowest BCUT2D eigenvalue weighted by atomic mass is 9.87. The molecular weight excluding hydrogens is 320 g/mol. The van der Waals surface area contributed by atoms with Crippen LogP contribution in [-0.2, 0) is 5.41 Å². The topological polar surface area (TPSA) is 58.2 Å². The Kier molecular flexibility index (Phi) is 6.15. The van der Waals surface area contributed by atoms with Gasteiger partial charge in [-0.3, -0.25) is 9.59 Å². The lowest BCUT2D eigenvalue weighted by Gasteiger charge is -2.19. The third-order valence-corrected chi connectivity index (χ3v) is 4.55. The first-order chi connectivity index (χ1) is 11.4. The lowest BCUT2D eigenvalue weighted by molar-refractivity contribution is 0.0953. The Balaban J connectivity index is 1.70. The van der Waals surface area contributed by atoms with Gasteiger partial charge in [0.25, 0.3) is 11.8 Å². The van der Waals surface area contributed by atoms with Gasteiger partial charge in [0.15, 0.2) is 0 Å². The average molecular weight is 344 g/mol. The highest BCUT2D eigenvalue weighted by Gasteiger charge is 2.14. The molecule has 1 aromatic heterocycles. The summed E-state index contributed by atoms with van der Waals surface area (Å²) in [5.41, 5.74) is 1.94. The van der Waals surface area contributed by atoms with Gasteiger partial charge in [0.2, 0.25) is 0 Å². The number of rotatable bonds is 6. The van der Waals surface area contributed by atoms with Gasteiger partial charge in [0, 0.05) is 18.7 Å². The van der Waals surface area contributed by atoms with E-state index in [0.717, 1.165) is 0 Å². The molecule has 2 amide bonds. The fourth-order valence-electron chi connectivity index (χ4n) is 2.21. The fourth-order valence-corrected chi connectivity index (χ4v) is 2.85. The Hall–Kier alpha value is -2.14. The van der Waals surface area contributed by atoms with Crippen LogP contribution in [0.5, 0.6) is 0 Å². The van der Waals surface area contributed by atoms with Gasteiger partial charge in [-0.25, -0.2) is 0 Å². The number of thiophene rings is 1. The number of hydrogen-bond acceptors (Lipinski definition) is 3. The van der Waals surface area contributed by atoms with Crippen LogP contribution in [0.25, 0.3) is 0 Å². The molecule has 2 aromatic rings. The van der Waals surface area contributed by atoms with Crippen LogP contribution in [0.4, 0.5) is 0 Å². The molecule has 0 aliphatic rings. The van der Waals surface area contributed by atoms with E-state index in [-0.39, 0.29) is 17.2 Å². The summed E-state index contributed by atoms with van der Waals surface area (Å²) in [5, 5.41) is 7.60. The summed E-state index contributed by atoms with van der Waals surface area (Å²) in [7, 11) is 0. The molecule has 2 rings (SSSR count). The monoisotopic (exact) mass is 344 g/mol. The van der Waals surface area contributed by atoms with Gasteiger partial charge < -0.3 is 10.6 Å². The zero-order chi connectivity index (χ0) is 17.6. The molecule has 24 heavy (non-hydrogen) atoms. The average Bonchev–Trinajstić information content (AvgIpc) is 3.08. The van der Waals surface area contributed by atoms with Crippen molar-refractivity contribution in [1.29, 1.82) is 0 Å². The van der Waals surface area contributed by atoms with Crippen LogP contribution in [0.15, 0.2) is 41.8 Å². The molecule has 1 aromatic carbocycles. The second kappa shape index (κ2) is 8.11. The molecule has 0 radical (unpaired) electrons. The van der Waals surface area contributed by atoms with E-state index in [4.69, 9.17) is 0 Å². The molecule has 128 valence electrons. The summed E-state index contributed by atoms with van der Waals surface area (Å²) in [4.78, 5) is 24.5.